The minimum Gasteiger partial charge on any atom is -0.365 e. The molecule has 4 N–H and O–H groups in total. The van der Waals surface area contributed by atoms with Crippen LogP contribution in [-0.2, 0) is 4.79 Å². The second-order valence-corrected chi connectivity index (χ2v) is 8.24. The molecular weight excluding hydrogens is 404 g/mol. The average Bonchev–Trinajstić information content (AvgIpc) is 3.29. The van der Waals surface area contributed by atoms with Gasteiger partial charge in [-0.05, 0) is 62.7 Å². The fourth-order valence-corrected chi connectivity index (χ4v) is 4.50. The van der Waals surface area contributed by atoms with Crippen molar-refractivity contribution in [3.63, 3.8) is 0 Å². The summed E-state index contributed by atoms with van der Waals surface area (Å²) in [4.78, 5) is 33.3. The van der Waals surface area contributed by atoms with E-state index in [2.05, 4.69) is 27.0 Å². The minimum atomic E-state index is -0.494. The molecule has 0 unspecified atom stereocenters. The van der Waals surface area contributed by atoms with Crippen molar-refractivity contribution in [2.24, 2.45) is 5.73 Å². The number of carbonyl (C=O) groups is 2. The highest BCUT2D eigenvalue weighted by Crippen LogP contribution is 2.34. The third-order valence-electron chi connectivity index (χ3n) is 6.11. The van der Waals surface area contributed by atoms with E-state index < -0.39 is 5.91 Å². The van der Waals surface area contributed by atoms with Crippen LogP contribution in [-0.4, -0.2) is 55.1 Å². The minimum absolute atomic E-state index is 0.0382. The van der Waals surface area contributed by atoms with Crippen molar-refractivity contribution in [3.05, 3.63) is 60.7 Å². The van der Waals surface area contributed by atoms with Crippen LogP contribution in [0.15, 0.2) is 55.1 Å². The Morgan fingerprint density at radius 1 is 1.16 bits per heavy atom. The lowest BCUT2D eigenvalue weighted by molar-refractivity contribution is -0.117. The molecule has 4 rings (SSSR count). The number of nitrogens with zero attached hydrogens (tertiary/aromatic N) is 3. The first-order chi connectivity index (χ1) is 15.6. The van der Waals surface area contributed by atoms with Crippen LogP contribution >= 0.6 is 0 Å². The number of hydrogen-bond acceptors (Lipinski definition) is 6. The van der Waals surface area contributed by atoms with Gasteiger partial charge in [0.25, 0.3) is 5.91 Å². The zero-order valence-corrected chi connectivity index (χ0v) is 18.2. The van der Waals surface area contributed by atoms with Gasteiger partial charge in [-0.15, -0.1) is 0 Å². The van der Waals surface area contributed by atoms with Gasteiger partial charge >= 0.3 is 0 Å². The summed E-state index contributed by atoms with van der Waals surface area (Å²) in [6.07, 6.45) is 4.00. The molecule has 1 aromatic carbocycles. The summed E-state index contributed by atoms with van der Waals surface area (Å²) in [7, 11) is 0. The van der Waals surface area contributed by atoms with Gasteiger partial charge in [0.2, 0.25) is 5.91 Å². The molecule has 2 fully saturated rings. The van der Waals surface area contributed by atoms with Crippen molar-refractivity contribution in [1.29, 1.82) is 0 Å². The Kier molecular flexibility index (Phi) is 6.70. The maximum absolute atomic E-state index is 12.4. The summed E-state index contributed by atoms with van der Waals surface area (Å²) in [5.74, 6) is 0.698. The number of nitrogens with one attached hydrogen (secondary N) is 2. The smallest absolute Gasteiger partial charge is 0.252 e. The fraction of sp³-hybridized carbons (Fsp3) is 0.375. The van der Waals surface area contributed by atoms with Crippen molar-refractivity contribution in [1.82, 2.24) is 15.6 Å². The van der Waals surface area contributed by atoms with Crippen molar-refractivity contribution in [3.8, 4) is 0 Å². The molecule has 3 heterocycles. The number of aromatic nitrogens is 1. The first-order valence-electron chi connectivity index (χ1n) is 11.1. The Morgan fingerprint density at radius 2 is 1.91 bits per heavy atom. The van der Waals surface area contributed by atoms with Gasteiger partial charge in [0.05, 0.1) is 5.56 Å². The summed E-state index contributed by atoms with van der Waals surface area (Å²) < 4.78 is 0. The van der Waals surface area contributed by atoms with Gasteiger partial charge in [-0.25, -0.2) is 4.98 Å². The Morgan fingerprint density at radius 3 is 2.59 bits per heavy atom. The molecule has 168 valence electrons. The maximum atomic E-state index is 12.4. The number of hydrogen-bond donors (Lipinski definition) is 3. The lowest BCUT2D eigenvalue weighted by Gasteiger charge is -2.36. The molecule has 0 radical (unpaired) electrons. The second-order valence-electron chi connectivity index (χ2n) is 8.24. The predicted molar refractivity (Wildman–Crippen MR) is 126 cm³/mol. The zero-order valence-electron chi connectivity index (χ0n) is 18.2. The highest BCUT2D eigenvalue weighted by atomic mass is 16.1. The number of amides is 2. The first kappa shape index (κ1) is 21.8. The second kappa shape index (κ2) is 9.82. The van der Waals surface area contributed by atoms with Crippen molar-refractivity contribution in [2.75, 3.05) is 36.0 Å². The van der Waals surface area contributed by atoms with Crippen LogP contribution in [0.2, 0.25) is 0 Å². The Bertz CT molecular complexity index is 974. The van der Waals surface area contributed by atoms with E-state index in [1.54, 1.807) is 6.07 Å². The van der Waals surface area contributed by atoms with E-state index in [1.165, 1.54) is 6.08 Å². The number of benzene rings is 1. The summed E-state index contributed by atoms with van der Waals surface area (Å²) in [6, 6.07) is 13.9. The van der Waals surface area contributed by atoms with E-state index in [4.69, 9.17) is 10.7 Å². The van der Waals surface area contributed by atoms with Crippen LogP contribution in [0.25, 0.3) is 0 Å². The lowest BCUT2D eigenvalue weighted by atomic mass is 10.0. The third kappa shape index (κ3) is 4.75. The number of para-hydroxylation sites is 1. The van der Waals surface area contributed by atoms with Crippen LogP contribution < -0.4 is 26.2 Å². The van der Waals surface area contributed by atoms with E-state index in [0.717, 1.165) is 50.4 Å². The van der Waals surface area contributed by atoms with Crippen molar-refractivity contribution in [2.45, 2.75) is 31.3 Å². The molecule has 2 amide bonds. The zero-order chi connectivity index (χ0) is 22.5. The molecule has 0 saturated carbocycles. The van der Waals surface area contributed by atoms with Gasteiger partial charge in [-0.1, -0.05) is 24.8 Å². The highest BCUT2D eigenvalue weighted by molar-refractivity contribution is 5.99. The van der Waals surface area contributed by atoms with Gasteiger partial charge in [0, 0.05) is 30.9 Å². The molecule has 0 spiro atoms. The molecule has 8 heteroatoms. The van der Waals surface area contributed by atoms with E-state index in [1.807, 2.05) is 36.4 Å². The molecule has 0 bridgehead atoms. The number of anilines is 3. The summed E-state index contributed by atoms with van der Waals surface area (Å²) in [6.45, 7) is 6.77. The number of carbonyl (C=O) groups excluding carboxylic acids is 2. The van der Waals surface area contributed by atoms with E-state index in [0.29, 0.717) is 17.9 Å². The standard InChI is InChI=1S/C24H30N6O2/c1-2-22(31)27-17-12-15-29(16-17)21-9-8-20(23(25)32)24(28-21)30(18-6-4-3-5-7-18)19-10-13-26-14-11-19/h2-9,17,19,26H,1,10-16H2,(H2,25,32)(H,27,31)/t17-/m0/s1. The quantitative estimate of drug-likeness (QED) is 0.576. The van der Waals surface area contributed by atoms with Gasteiger partial charge in [-0.3, -0.25) is 9.59 Å². The number of piperidine rings is 1. The molecule has 1 atom stereocenters. The van der Waals surface area contributed by atoms with Crippen LogP contribution in [0.3, 0.4) is 0 Å². The normalized spacial score (nSPS) is 18.9. The largest absolute Gasteiger partial charge is 0.365 e. The topological polar surface area (TPSA) is 104 Å². The van der Waals surface area contributed by atoms with Crippen LogP contribution in [0, 0.1) is 0 Å². The summed E-state index contributed by atoms with van der Waals surface area (Å²) in [5.41, 5.74) is 7.17. The molecular formula is C24H30N6O2. The summed E-state index contributed by atoms with van der Waals surface area (Å²) in [5, 5.41) is 6.36. The van der Waals surface area contributed by atoms with Crippen molar-refractivity contribution >= 4 is 29.1 Å². The van der Waals surface area contributed by atoms with Crippen LogP contribution in [0.5, 0.6) is 0 Å². The van der Waals surface area contributed by atoms with Crippen LogP contribution in [0.4, 0.5) is 17.3 Å². The molecule has 2 aliphatic rings. The van der Waals surface area contributed by atoms with Gasteiger partial charge in [0.1, 0.15) is 11.6 Å². The predicted octanol–water partition coefficient (Wildman–Crippen LogP) is 1.95. The first-order valence-corrected chi connectivity index (χ1v) is 11.1. The number of pyridine rings is 1. The van der Waals surface area contributed by atoms with Crippen molar-refractivity contribution < 1.29 is 9.59 Å². The van der Waals surface area contributed by atoms with E-state index in [9.17, 15) is 9.59 Å². The number of rotatable bonds is 7. The Hall–Kier alpha value is -3.39. The Balaban J connectivity index is 1.70. The highest BCUT2D eigenvalue weighted by Gasteiger charge is 2.30. The fourth-order valence-electron chi connectivity index (χ4n) is 4.50. The van der Waals surface area contributed by atoms with Gasteiger partial charge in [0.15, 0.2) is 0 Å². The number of primary amides is 1. The molecule has 8 nitrogen and oxygen atoms in total. The number of nitrogens with two attached hydrogens (primary N) is 1. The summed E-state index contributed by atoms with van der Waals surface area (Å²) >= 11 is 0. The van der Waals surface area contributed by atoms with E-state index in [-0.39, 0.29) is 18.0 Å². The molecule has 2 aromatic rings. The SMILES string of the molecule is C=CC(=O)N[C@H]1CCN(c2ccc(C(N)=O)c(N(c3ccccc3)C3CCNCC3)n2)C1. The monoisotopic (exact) mass is 434 g/mol. The lowest BCUT2D eigenvalue weighted by Crippen LogP contribution is -2.42. The maximum Gasteiger partial charge on any atom is 0.252 e. The molecule has 0 aliphatic carbocycles. The molecule has 1 aromatic heterocycles. The van der Waals surface area contributed by atoms with E-state index >= 15 is 0 Å². The average molecular weight is 435 g/mol. The third-order valence-corrected chi connectivity index (χ3v) is 6.11. The van der Waals surface area contributed by atoms with Gasteiger partial charge in [-0.2, -0.15) is 0 Å². The Labute approximate surface area is 188 Å². The van der Waals surface area contributed by atoms with Crippen LogP contribution in [0.1, 0.15) is 29.6 Å². The molecule has 2 aliphatic heterocycles. The molecule has 2 saturated heterocycles. The van der Waals surface area contributed by atoms with Gasteiger partial charge < -0.3 is 26.2 Å². The molecule has 32 heavy (non-hydrogen) atoms.